The molecule has 0 bridgehead atoms. The fourth-order valence-corrected chi connectivity index (χ4v) is 1.82. The van der Waals surface area contributed by atoms with Crippen molar-refractivity contribution in [2.45, 2.75) is 6.42 Å². The minimum Gasteiger partial charge on any atom is -0.478 e. The number of halogens is 1. The Morgan fingerprint density at radius 2 is 2.31 bits per heavy atom. The van der Waals surface area contributed by atoms with Crippen LogP contribution in [-0.2, 0) is 6.42 Å². The molecule has 1 rings (SSSR count). The number of carbonyl (C=O) groups is 1. The summed E-state index contributed by atoms with van der Waals surface area (Å²) >= 11 is 3.35. The Bertz CT molecular complexity index is 391. The zero-order valence-corrected chi connectivity index (χ0v) is 10.5. The first kappa shape index (κ1) is 12.8. The number of carboxylic acids is 1. The van der Waals surface area contributed by atoms with Crippen LogP contribution in [-0.4, -0.2) is 23.0 Å². The third-order valence-electron chi connectivity index (χ3n) is 2.15. The van der Waals surface area contributed by atoms with Crippen LogP contribution in [0.15, 0.2) is 30.9 Å². The Labute approximate surface area is 103 Å². The number of benzene rings is 1. The van der Waals surface area contributed by atoms with Gasteiger partial charge in [0.05, 0.1) is 5.56 Å². The van der Waals surface area contributed by atoms with E-state index in [-0.39, 0.29) is 0 Å². The lowest BCUT2D eigenvalue weighted by Gasteiger charge is -2.10. The van der Waals surface area contributed by atoms with Gasteiger partial charge >= 0.3 is 5.97 Å². The maximum absolute atomic E-state index is 10.8. The second kappa shape index (κ2) is 6.33. The van der Waals surface area contributed by atoms with E-state index in [1.807, 2.05) is 0 Å². The molecular formula is C12H14BrNO2. The average molecular weight is 284 g/mol. The Kier molecular flexibility index (Phi) is 5.05. The fraction of sp³-hybridized carbons (Fsp3) is 0.250. The highest BCUT2D eigenvalue weighted by molar-refractivity contribution is 9.09. The Hall–Kier alpha value is -1.29. The van der Waals surface area contributed by atoms with Gasteiger partial charge in [-0.25, -0.2) is 4.79 Å². The van der Waals surface area contributed by atoms with Gasteiger partial charge in [0.15, 0.2) is 0 Å². The van der Waals surface area contributed by atoms with E-state index < -0.39 is 5.97 Å². The van der Waals surface area contributed by atoms with Crippen molar-refractivity contribution in [3.63, 3.8) is 0 Å². The number of carboxylic acid groups (broad SMARTS) is 1. The summed E-state index contributed by atoms with van der Waals surface area (Å²) in [6.07, 6.45) is 2.56. The van der Waals surface area contributed by atoms with E-state index in [4.69, 9.17) is 5.11 Å². The van der Waals surface area contributed by atoms with Gasteiger partial charge in [-0.3, -0.25) is 0 Å². The maximum Gasteiger partial charge on any atom is 0.335 e. The van der Waals surface area contributed by atoms with Crippen LogP contribution in [0.25, 0.3) is 0 Å². The number of aromatic carboxylic acids is 1. The van der Waals surface area contributed by atoms with Gasteiger partial charge in [0.2, 0.25) is 0 Å². The van der Waals surface area contributed by atoms with Gasteiger partial charge < -0.3 is 10.4 Å². The molecule has 0 aromatic heterocycles. The molecule has 0 atom stereocenters. The number of aryl methyl sites for hydroxylation is 1. The largest absolute Gasteiger partial charge is 0.478 e. The van der Waals surface area contributed by atoms with Crippen LogP contribution in [0.2, 0.25) is 0 Å². The molecule has 16 heavy (non-hydrogen) atoms. The van der Waals surface area contributed by atoms with Crippen molar-refractivity contribution in [1.82, 2.24) is 0 Å². The summed E-state index contributed by atoms with van der Waals surface area (Å²) < 4.78 is 0. The van der Waals surface area contributed by atoms with Crippen molar-refractivity contribution in [2.24, 2.45) is 0 Å². The van der Waals surface area contributed by atoms with Crippen LogP contribution in [0.4, 0.5) is 5.69 Å². The second-order valence-electron chi connectivity index (χ2n) is 3.29. The van der Waals surface area contributed by atoms with Crippen molar-refractivity contribution < 1.29 is 9.90 Å². The lowest BCUT2D eigenvalue weighted by atomic mass is 10.1. The van der Waals surface area contributed by atoms with Crippen LogP contribution in [0.5, 0.6) is 0 Å². The smallest absolute Gasteiger partial charge is 0.335 e. The predicted molar refractivity (Wildman–Crippen MR) is 69.6 cm³/mol. The number of nitrogens with one attached hydrogen (secondary N) is 1. The molecule has 0 aliphatic rings. The molecule has 0 radical (unpaired) electrons. The normalized spacial score (nSPS) is 9.81. The Morgan fingerprint density at radius 1 is 1.56 bits per heavy atom. The highest BCUT2D eigenvalue weighted by Crippen LogP contribution is 2.19. The van der Waals surface area contributed by atoms with Gasteiger partial charge in [0.1, 0.15) is 0 Å². The van der Waals surface area contributed by atoms with E-state index in [0.717, 1.165) is 23.0 Å². The molecule has 0 saturated heterocycles. The van der Waals surface area contributed by atoms with Crippen LogP contribution in [0, 0.1) is 0 Å². The summed E-state index contributed by atoms with van der Waals surface area (Å²) in [4.78, 5) is 10.8. The van der Waals surface area contributed by atoms with Gasteiger partial charge in [-0.2, -0.15) is 0 Å². The molecule has 0 unspecified atom stereocenters. The summed E-state index contributed by atoms with van der Waals surface area (Å²) in [7, 11) is 0. The zero-order chi connectivity index (χ0) is 12.0. The fourth-order valence-electron chi connectivity index (χ4n) is 1.39. The highest BCUT2D eigenvalue weighted by atomic mass is 79.9. The van der Waals surface area contributed by atoms with E-state index >= 15 is 0 Å². The Balaban J connectivity index is 2.98. The van der Waals surface area contributed by atoms with E-state index in [2.05, 4.69) is 27.8 Å². The topological polar surface area (TPSA) is 49.3 Å². The van der Waals surface area contributed by atoms with Crippen molar-refractivity contribution in [3.8, 4) is 0 Å². The van der Waals surface area contributed by atoms with Crippen molar-refractivity contribution >= 4 is 27.6 Å². The summed E-state index contributed by atoms with van der Waals surface area (Å²) in [5, 5.41) is 12.9. The molecule has 1 aromatic rings. The summed E-state index contributed by atoms with van der Waals surface area (Å²) in [5.41, 5.74) is 2.28. The minimum atomic E-state index is -0.897. The minimum absolute atomic E-state index is 0.320. The maximum atomic E-state index is 10.8. The lowest BCUT2D eigenvalue weighted by molar-refractivity contribution is 0.0697. The number of hydrogen-bond donors (Lipinski definition) is 2. The van der Waals surface area contributed by atoms with E-state index in [0.29, 0.717) is 12.1 Å². The Morgan fingerprint density at radius 3 is 2.88 bits per heavy atom. The molecule has 2 N–H and O–H groups in total. The van der Waals surface area contributed by atoms with Gasteiger partial charge in [-0.1, -0.05) is 22.0 Å². The van der Waals surface area contributed by atoms with Crippen LogP contribution < -0.4 is 5.32 Å². The molecule has 0 heterocycles. The van der Waals surface area contributed by atoms with Gasteiger partial charge in [-0.15, -0.1) is 6.58 Å². The molecule has 4 heteroatoms. The highest BCUT2D eigenvalue weighted by Gasteiger charge is 2.07. The van der Waals surface area contributed by atoms with Crippen molar-refractivity contribution in [2.75, 3.05) is 17.2 Å². The third kappa shape index (κ3) is 3.38. The van der Waals surface area contributed by atoms with E-state index in [1.54, 1.807) is 24.3 Å². The second-order valence-corrected chi connectivity index (χ2v) is 4.08. The molecule has 0 aliphatic carbocycles. The first-order valence-corrected chi connectivity index (χ1v) is 6.08. The molecule has 1 aromatic carbocycles. The summed E-state index contributed by atoms with van der Waals surface area (Å²) in [6, 6.07) is 5.10. The first-order valence-electron chi connectivity index (χ1n) is 4.96. The van der Waals surface area contributed by atoms with Gasteiger partial charge in [-0.05, 0) is 30.2 Å². The molecule has 0 saturated carbocycles. The molecule has 0 spiro atoms. The lowest BCUT2D eigenvalue weighted by Crippen LogP contribution is -2.05. The SMILES string of the molecule is C=CCNc1ccc(C(=O)O)cc1CCBr. The third-order valence-corrected chi connectivity index (χ3v) is 2.55. The van der Waals surface area contributed by atoms with Crippen LogP contribution in [0.1, 0.15) is 15.9 Å². The zero-order valence-electron chi connectivity index (χ0n) is 8.87. The molecule has 0 aliphatic heterocycles. The predicted octanol–water partition coefficient (Wildman–Crippen LogP) is 2.92. The number of anilines is 1. The average Bonchev–Trinajstić information content (AvgIpc) is 2.27. The number of rotatable bonds is 6. The first-order chi connectivity index (χ1) is 7.69. The van der Waals surface area contributed by atoms with Gasteiger partial charge in [0.25, 0.3) is 0 Å². The number of hydrogen-bond acceptors (Lipinski definition) is 2. The molecule has 0 fully saturated rings. The van der Waals surface area contributed by atoms with Crippen LogP contribution in [0.3, 0.4) is 0 Å². The van der Waals surface area contributed by atoms with E-state index in [1.165, 1.54) is 0 Å². The molecule has 86 valence electrons. The number of alkyl halides is 1. The molecule has 3 nitrogen and oxygen atoms in total. The standard InChI is InChI=1S/C12H14BrNO2/c1-2-7-14-11-4-3-10(12(15)16)8-9(11)5-6-13/h2-4,8,14H,1,5-7H2,(H,15,16). The molecule has 0 amide bonds. The van der Waals surface area contributed by atoms with Crippen molar-refractivity contribution in [1.29, 1.82) is 0 Å². The summed E-state index contributed by atoms with van der Waals surface area (Å²) in [6.45, 7) is 4.30. The van der Waals surface area contributed by atoms with Gasteiger partial charge in [0, 0.05) is 17.6 Å². The molecular weight excluding hydrogens is 270 g/mol. The van der Waals surface area contributed by atoms with Crippen LogP contribution >= 0.6 is 15.9 Å². The van der Waals surface area contributed by atoms with Crippen molar-refractivity contribution in [3.05, 3.63) is 42.0 Å². The summed E-state index contributed by atoms with van der Waals surface area (Å²) in [5.74, 6) is -0.897. The van der Waals surface area contributed by atoms with E-state index in [9.17, 15) is 4.79 Å². The monoisotopic (exact) mass is 283 g/mol. The quantitative estimate of drug-likeness (QED) is 0.623.